The minimum atomic E-state index is -0.883. The fraction of sp³-hybridized carbons (Fsp3) is 0.455. The molecule has 0 radical (unpaired) electrons. The molecule has 10 nitrogen and oxygen atoms in total. The van der Waals surface area contributed by atoms with Gasteiger partial charge in [-0.3, -0.25) is 9.59 Å². The summed E-state index contributed by atoms with van der Waals surface area (Å²) in [6.45, 7) is 6.07. The van der Waals surface area contributed by atoms with Gasteiger partial charge in [0.2, 0.25) is 0 Å². The fourth-order valence-electron chi connectivity index (χ4n) is 3.62. The van der Waals surface area contributed by atoms with Crippen molar-refractivity contribution in [1.82, 2.24) is 9.97 Å². The number of aromatic nitrogens is 2. The normalized spacial score (nSPS) is 13.2. The molecule has 32 heavy (non-hydrogen) atoms. The maximum atomic E-state index is 12.5. The first-order valence-electron chi connectivity index (χ1n) is 10.6. The number of hydrogen-bond acceptors (Lipinski definition) is 8. The summed E-state index contributed by atoms with van der Waals surface area (Å²) in [6, 6.07) is 3.76. The van der Waals surface area contributed by atoms with E-state index in [-0.39, 0.29) is 36.0 Å². The number of fused-ring (bicyclic) bond motifs is 2. The quantitative estimate of drug-likeness (QED) is 0.318. The number of benzene rings is 1. The highest BCUT2D eigenvalue weighted by molar-refractivity contribution is 5.80. The zero-order valence-electron chi connectivity index (χ0n) is 18.1. The molecule has 0 spiro atoms. The minimum Gasteiger partial charge on any atom is -0.481 e. The number of carboxylic acids is 1. The third-order valence-corrected chi connectivity index (χ3v) is 5.29. The summed E-state index contributed by atoms with van der Waals surface area (Å²) in [5.41, 5.74) is 2.96. The Kier molecular flexibility index (Phi) is 7.60. The molecule has 0 saturated heterocycles. The van der Waals surface area contributed by atoms with E-state index in [0.29, 0.717) is 24.5 Å². The summed E-state index contributed by atoms with van der Waals surface area (Å²) in [4.78, 5) is 36.7. The Bertz CT molecular complexity index is 1150. The van der Waals surface area contributed by atoms with Gasteiger partial charge in [-0.05, 0) is 37.5 Å². The Morgan fingerprint density at radius 3 is 2.75 bits per heavy atom. The lowest BCUT2D eigenvalue weighted by molar-refractivity contribution is -0.137. The molecule has 0 bridgehead atoms. The van der Waals surface area contributed by atoms with Crippen LogP contribution in [-0.4, -0.2) is 57.1 Å². The zero-order valence-corrected chi connectivity index (χ0v) is 18.1. The van der Waals surface area contributed by atoms with Crippen LogP contribution in [0.2, 0.25) is 0 Å². The van der Waals surface area contributed by atoms with E-state index in [9.17, 15) is 14.7 Å². The Morgan fingerprint density at radius 2 is 2.03 bits per heavy atom. The zero-order chi connectivity index (χ0) is 23.3. The van der Waals surface area contributed by atoms with Crippen LogP contribution in [0.1, 0.15) is 37.7 Å². The van der Waals surface area contributed by atoms with E-state index < -0.39 is 12.1 Å². The molecule has 3 rings (SSSR count). The van der Waals surface area contributed by atoms with Crippen LogP contribution in [-0.2, 0) is 4.79 Å². The van der Waals surface area contributed by atoms with Gasteiger partial charge in [-0.2, -0.15) is 0 Å². The van der Waals surface area contributed by atoms with Crippen LogP contribution in [0.4, 0.5) is 22.9 Å². The molecule has 0 amide bonds. The van der Waals surface area contributed by atoms with Gasteiger partial charge in [0, 0.05) is 25.2 Å². The van der Waals surface area contributed by atoms with Gasteiger partial charge in [-0.1, -0.05) is 19.4 Å². The van der Waals surface area contributed by atoms with Crippen LogP contribution >= 0.6 is 0 Å². The molecule has 1 aromatic heterocycles. The van der Waals surface area contributed by atoms with Crippen molar-refractivity contribution < 1.29 is 20.1 Å². The number of H-pyrrole nitrogens is 1. The highest BCUT2D eigenvalue weighted by atomic mass is 16.4. The number of aryl methyl sites for hydroxylation is 1. The number of aliphatic hydroxyl groups is 2. The molecule has 1 atom stereocenters. The van der Waals surface area contributed by atoms with Gasteiger partial charge in [0.1, 0.15) is 5.48 Å². The van der Waals surface area contributed by atoms with Crippen LogP contribution in [0.15, 0.2) is 21.9 Å². The van der Waals surface area contributed by atoms with Crippen LogP contribution in [0, 0.1) is 6.92 Å². The number of aliphatic carboxylic acids is 1. The number of aliphatic hydroxyl groups excluding tert-OH is 2. The molecule has 1 unspecified atom stereocenters. The van der Waals surface area contributed by atoms with Crippen molar-refractivity contribution in [2.24, 2.45) is 4.99 Å². The molecule has 172 valence electrons. The largest absolute Gasteiger partial charge is 0.481 e. The van der Waals surface area contributed by atoms with E-state index in [1.54, 1.807) is 0 Å². The summed E-state index contributed by atoms with van der Waals surface area (Å²) in [5, 5.41) is 30.9. The molecular formula is C22H29N5O5. The Morgan fingerprint density at radius 1 is 1.28 bits per heavy atom. The number of hydrogen-bond donors (Lipinski definition) is 5. The third-order valence-electron chi connectivity index (χ3n) is 5.29. The van der Waals surface area contributed by atoms with E-state index in [2.05, 4.69) is 26.9 Å². The summed E-state index contributed by atoms with van der Waals surface area (Å²) >= 11 is 0. The van der Waals surface area contributed by atoms with Crippen LogP contribution in [0.25, 0.3) is 6.58 Å². The molecule has 2 heterocycles. The van der Waals surface area contributed by atoms with E-state index in [4.69, 9.17) is 10.2 Å². The van der Waals surface area contributed by atoms with E-state index >= 15 is 0 Å². The molecule has 0 saturated carbocycles. The number of unbranched alkanes of at least 4 members (excludes halogenated alkanes) is 3. The van der Waals surface area contributed by atoms with Gasteiger partial charge in [-0.25, -0.2) is 9.98 Å². The summed E-state index contributed by atoms with van der Waals surface area (Å²) in [5.74, 6) is -0.361. The number of carboxylic acid groups (broad SMARTS) is 1. The number of carbonyl (C=O) groups is 1. The van der Waals surface area contributed by atoms with Gasteiger partial charge in [0.15, 0.2) is 11.2 Å². The molecule has 1 aliphatic rings. The Labute approximate surface area is 185 Å². The second kappa shape index (κ2) is 10.4. The van der Waals surface area contributed by atoms with Crippen molar-refractivity contribution in [2.75, 3.05) is 29.9 Å². The van der Waals surface area contributed by atoms with E-state index in [1.165, 1.54) is 0 Å². The smallest absolute Gasteiger partial charge is 0.303 e. The number of anilines is 3. The third kappa shape index (κ3) is 5.51. The SMILES string of the molecule is C=c1nc2c(c(=O)[nH]1)=Nc1cc(C)c(NCC(O)CO)cc1N2CCCCCCC(=O)O. The average Bonchev–Trinajstić information content (AvgIpc) is 2.74. The van der Waals surface area contributed by atoms with Crippen molar-refractivity contribution in [3.05, 3.63) is 38.9 Å². The Balaban J connectivity index is 1.91. The molecule has 5 N–H and O–H groups in total. The first kappa shape index (κ1) is 23.4. The first-order chi connectivity index (χ1) is 15.3. The number of aromatic amines is 1. The number of rotatable bonds is 11. The second-order valence-corrected chi connectivity index (χ2v) is 7.88. The average molecular weight is 444 g/mol. The lowest BCUT2D eigenvalue weighted by Crippen LogP contribution is -2.42. The van der Waals surface area contributed by atoms with Gasteiger partial charge < -0.3 is 30.5 Å². The topological polar surface area (TPSA) is 151 Å². The number of nitrogens with one attached hydrogen (secondary N) is 2. The van der Waals surface area contributed by atoms with E-state index in [1.807, 2.05) is 24.0 Å². The first-order valence-corrected chi connectivity index (χ1v) is 10.6. The standard InChI is InChI=1S/C22H29N5O5/c1-13-9-17-18(10-16(13)23-11-15(29)12-28)27(8-6-4-3-5-7-19(30)31)21-20(26-17)22(32)25-14(2)24-21/h9-10,15,23,28-29H,2-8,11-12H2,1H3,(H,25,32)(H,30,31). The molecular weight excluding hydrogens is 414 g/mol. The molecule has 0 fully saturated rings. The van der Waals surface area contributed by atoms with Crippen molar-refractivity contribution >= 4 is 35.4 Å². The predicted octanol–water partition coefficient (Wildman–Crippen LogP) is 0.692. The summed E-state index contributed by atoms with van der Waals surface area (Å²) in [7, 11) is 0. The van der Waals surface area contributed by atoms with Crippen LogP contribution < -0.4 is 26.6 Å². The van der Waals surface area contributed by atoms with Crippen molar-refractivity contribution in [2.45, 2.75) is 45.1 Å². The van der Waals surface area contributed by atoms with Crippen LogP contribution in [0.5, 0.6) is 0 Å². The monoisotopic (exact) mass is 443 g/mol. The summed E-state index contributed by atoms with van der Waals surface area (Å²) in [6.07, 6.45) is 2.31. The lowest BCUT2D eigenvalue weighted by atomic mass is 10.1. The van der Waals surface area contributed by atoms with Crippen molar-refractivity contribution in [3.63, 3.8) is 0 Å². The van der Waals surface area contributed by atoms with Gasteiger partial charge in [0.25, 0.3) is 5.56 Å². The highest BCUT2D eigenvalue weighted by Gasteiger charge is 2.24. The molecule has 2 aromatic rings. The van der Waals surface area contributed by atoms with Crippen LogP contribution in [0.3, 0.4) is 0 Å². The molecule has 10 heteroatoms. The predicted molar refractivity (Wildman–Crippen MR) is 121 cm³/mol. The highest BCUT2D eigenvalue weighted by Crippen LogP contribution is 2.38. The second-order valence-electron chi connectivity index (χ2n) is 7.88. The maximum absolute atomic E-state index is 12.5. The lowest BCUT2D eigenvalue weighted by Gasteiger charge is -2.29. The Hall–Kier alpha value is -3.24. The molecule has 1 aliphatic heterocycles. The van der Waals surface area contributed by atoms with Gasteiger partial charge in [-0.15, -0.1) is 0 Å². The molecule has 0 aliphatic carbocycles. The maximum Gasteiger partial charge on any atom is 0.303 e. The molecule has 1 aromatic carbocycles. The summed E-state index contributed by atoms with van der Waals surface area (Å²) < 4.78 is 0. The van der Waals surface area contributed by atoms with E-state index in [0.717, 1.165) is 36.2 Å². The van der Waals surface area contributed by atoms with Gasteiger partial charge >= 0.3 is 5.97 Å². The van der Waals surface area contributed by atoms with Crippen molar-refractivity contribution in [1.29, 1.82) is 0 Å². The van der Waals surface area contributed by atoms with Crippen molar-refractivity contribution in [3.8, 4) is 0 Å². The number of nitrogens with zero attached hydrogens (tertiary/aromatic N) is 3. The fourth-order valence-corrected chi connectivity index (χ4v) is 3.62. The van der Waals surface area contributed by atoms with Gasteiger partial charge in [0.05, 0.1) is 24.1 Å². The minimum absolute atomic E-state index is 0.157.